The highest BCUT2D eigenvalue weighted by molar-refractivity contribution is 6.06. The van der Waals surface area contributed by atoms with Crippen molar-refractivity contribution in [3.63, 3.8) is 0 Å². The van der Waals surface area contributed by atoms with Crippen LogP contribution >= 0.6 is 0 Å². The predicted molar refractivity (Wildman–Crippen MR) is 253 cm³/mol. The van der Waals surface area contributed by atoms with E-state index in [0.717, 1.165) is 50.1 Å². The number of benzene rings is 10. The van der Waals surface area contributed by atoms with Gasteiger partial charge in [-0.15, -0.1) is 0 Å². The normalized spacial score (nSPS) is 11.3. The van der Waals surface area contributed by atoms with Gasteiger partial charge in [0.15, 0.2) is 0 Å². The van der Waals surface area contributed by atoms with Crippen molar-refractivity contribution in [3.05, 3.63) is 237 Å². The Morgan fingerprint density at radius 1 is 0.250 bits per heavy atom. The van der Waals surface area contributed by atoms with Gasteiger partial charge in [0, 0.05) is 33.9 Å². The summed E-state index contributed by atoms with van der Waals surface area (Å²) in [5.74, 6) is 0. The molecule has 10 aromatic carbocycles. The fourth-order valence-corrected chi connectivity index (χ4v) is 8.64. The van der Waals surface area contributed by atoms with Gasteiger partial charge >= 0.3 is 0 Å². The Morgan fingerprint density at radius 3 is 1.47 bits per heavy atom. The van der Waals surface area contributed by atoms with Gasteiger partial charge in [-0.25, -0.2) is 0 Å². The van der Waals surface area contributed by atoms with Gasteiger partial charge in [-0.3, -0.25) is 0 Å². The Morgan fingerprint density at radius 2 is 0.717 bits per heavy atom. The van der Waals surface area contributed by atoms with E-state index in [1.54, 1.807) is 0 Å². The van der Waals surface area contributed by atoms with Crippen LogP contribution in [0.4, 0.5) is 17.1 Å². The van der Waals surface area contributed by atoms with Crippen molar-refractivity contribution in [1.82, 2.24) is 0 Å². The van der Waals surface area contributed by atoms with Crippen LogP contribution < -0.4 is 4.90 Å². The first-order valence-electron chi connectivity index (χ1n) is 20.5. The molecule has 0 fully saturated rings. The van der Waals surface area contributed by atoms with E-state index in [-0.39, 0.29) is 0 Å². The molecule has 0 saturated carbocycles. The molecular formula is C58H39NO. The van der Waals surface area contributed by atoms with Gasteiger partial charge in [-0.2, -0.15) is 0 Å². The zero-order valence-electron chi connectivity index (χ0n) is 32.9. The van der Waals surface area contributed by atoms with Gasteiger partial charge in [0.05, 0.1) is 0 Å². The highest BCUT2D eigenvalue weighted by Gasteiger charge is 2.17. The number of hydrogen-bond acceptors (Lipinski definition) is 2. The molecule has 0 bridgehead atoms. The van der Waals surface area contributed by atoms with Crippen LogP contribution in [0, 0.1) is 0 Å². The highest BCUT2D eigenvalue weighted by atomic mass is 16.3. The van der Waals surface area contributed by atoms with E-state index in [9.17, 15) is 0 Å². The van der Waals surface area contributed by atoms with Gasteiger partial charge in [0.25, 0.3) is 0 Å². The maximum Gasteiger partial charge on any atom is 0.137 e. The number of furan rings is 1. The molecule has 0 spiro atoms. The molecule has 2 nitrogen and oxygen atoms in total. The minimum Gasteiger partial charge on any atom is -0.456 e. The second-order valence-corrected chi connectivity index (χ2v) is 15.3. The Labute approximate surface area is 349 Å². The molecule has 0 aliphatic heterocycles. The summed E-state index contributed by atoms with van der Waals surface area (Å²) in [5.41, 5.74) is 16.8. The van der Waals surface area contributed by atoms with Crippen LogP contribution in [0.3, 0.4) is 0 Å². The highest BCUT2D eigenvalue weighted by Crippen LogP contribution is 2.41. The average Bonchev–Trinajstić information content (AvgIpc) is 3.70. The second-order valence-electron chi connectivity index (χ2n) is 15.3. The lowest BCUT2D eigenvalue weighted by atomic mass is 9.94. The molecule has 0 N–H and O–H groups in total. The van der Waals surface area contributed by atoms with E-state index in [1.165, 1.54) is 55.3 Å². The molecule has 11 rings (SSSR count). The molecule has 0 aliphatic rings. The van der Waals surface area contributed by atoms with Gasteiger partial charge in [0.2, 0.25) is 0 Å². The minimum absolute atomic E-state index is 0.867. The topological polar surface area (TPSA) is 16.4 Å². The number of hydrogen-bond donors (Lipinski definition) is 0. The summed E-state index contributed by atoms with van der Waals surface area (Å²) in [7, 11) is 0. The number of para-hydroxylation sites is 1. The van der Waals surface area contributed by atoms with E-state index in [2.05, 4.69) is 229 Å². The number of anilines is 3. The largest absolute Gasteiger partial charge is 0.456 e. The van der Waals surface area contributed by atoms with Crippen molar-refractivity contribution in [2.24, 2.45) is 0 Å². The first-order valence-corrected chi connectivity index (χ1v) is 20.5. The molecule has 282 valence electrons. The summed E-state index contributed by atoms with van der Waals surface area (Å²) in [6.07, 6.45) is 0. The Kier molecular flexibility index (Phi) is 8.87. The van der Waals surface area contributed by atoms with E-state index < -0.39 is 0 Å². The smallest absolute Gasteiger partial charge is 0.137 e. The fourth-order valence-electron chi connectivity index (χ4n) is 8.64. The zero-order valence-corrected chi connectivity index (χ0v) is 32.9. The molecule has 0 amide bonds. The third-order valence-corrected chi connectivity index (χ3v) is 11.7. The molecule has 2 heteroatoms. The summed E-state index contributed by atoms with van der Waals surface area (Å²) in [6.45, 7) is 0. The van der Waals surface area contributed by atoms with Crippen molar-refractivity contribution >= 4 is 49.8 Å². The molecule has 11 aromatic rings. The van der Waals surface area contributed by atoms with Gasteiger partial charge < -0.3 is 9.32 Å². The van der Waals surface area contributed by atoms with Crippen LogP contribution in [0.2, 0.25) is 0 Å². The van der Waals surface area contributed by atoms with Crippen LogP contribution in [-0.4, -0.2) is 0 Å². The Balaban J connectivity index is 0.932. The van der Waals surface area contributed by atoms with Crippen LogP contribution in [0.5, 0.6) is 0 Å². The maximum atomic E-state index is 6.39. The Bertz CT molecular complexity index is 3300. The SMILES string of the molecule is c1ccc(-c2ccc(N(c3cccc(-c4cccc(-c5cccc(-c6ccc(-c7cccc8ccccc78)cc6)c5)c4)c3)c3ccc4c(c3)oc3ccccc34)cc2)cc1. The van der Waals surface area contributed by atoms with Crippen molar-refractivity contribution in [2.45, 2.75) is 0 Å². The Hall–Kier alpha value is -7.94. The molecule has 1 heterocycles. The van der Waals surface area contributed by atoms with E-state index in [1.807, 2.05) is 12.1 Å². The lowest BCUT2D eigenvalue weighted by Crippen LogP contribution is -2.10. The number of nitrogens with zero attached hydrogens (tertiary/aromatic N) is 1. The summed E-state index contributed by atoms with van der Waals surface area (Å²) in [6, 6.07) is 84.9. The summed E-state index contributed by atoms with van der Waals surface area (Å²) in [4.78, 5) is 2.32. The summed E-state index contributed by atoms with van der Waals surface area (Å²) < 4.78 is 6.39. The van der Waals surface area contributed by atoms with Crippen molar-refractivity contribution in [1.29, 1.82) is 0 Å². The van der Waals surface area contributed by atoms with Crippen LogP contribution in [0.25, 0.3) is 88.3 Å². The maximum absolute atomic E-state index is 6.39. The van der Waals surface area contributed by atoms with Crippen molar-refractivity contribution in [3.8, 4) is 55.6 Å². The molecular weight excluding hydrogens is 727 g/mol. The van der Waals surface area contributed by atoms with Crippen molar-refractivity contribution in [2.75, 3.05) is 4.90 Å². The van der Waals surface area contributed by atoms with Gasteiger partial charge in [0.1, 0.15) is 11.2 Å². The van der Waals surface area contributed by atoms with E-state index in [0.29, 0.717) is 0 Å². The van der Waals surface area contributed by atoms with Crippen LogP contribution in [0.15, 0.2) is 241 Å². The average molecular weight is 766 g/mol. The quantitative estimate of drug-likeness (QED) is 0.153. The molecule has 0 unspecified atom stereocenters. The monoisotopic (exact) mass is 765 g/mol. The predicted octanol–water partition coefficient (Wildman–Crippen LogP) is 16.5. The van der Waals surface area contributed by atoms with Crippen LogP contribution in [0.1, 0.15) is 0 Å². The van der Waals surface area contributed by atoms with E-state index >= 15 is 0 Å². The molecule has 60 heavy (non-hydrogen) atoms. The second kappa shape index (κ2) is 15.1. The third kappa shape index (κ3) is 6.61. The molecule has 1 aromatic heterocycles. The molecule has 0 aliphatic carbocycles. The third-order valence-electron chi connectivity index (χ3n) is 11.7. The number of fused-ring (bicyclic) bond motifs is 4. The molecule has 0 radical (unpaired) electrons. The fraction of sp³-hybridized carbons (Fsp3) is 0. The molecule has 0 atom stereocenters. The first-order chi connectivity index (χ1) is 29.7. The zero-order chi connectivity index (χ0) is 39.8. The van der Waals surface area contributed by atoms with Gasteiger partial charge in [-0.05, 0) is 121 Å². The number of rotatable bonds is 8. The lowest BCUT2D eigenvalue weighted by Gasteiger charge is -2.26. The van der Waals surface area contributed by atoms with Crippen LogP contribution in [-0.2, 0) is 0 Å². The van der Waals surface area contributed by atoms with Gasteiger partial charge in [-0.1, -0.05) is 176 Å². The van der Waals surface area contributed by atoms with Crippen molar-refractivity contribution < 1.29 is 4.42 Å². The summed E-state index contributed by atoms with van der Waals surface area (Å²) in [5, 5.41) is 4.77. The van der Waals surface area contributed by atoms with E-state index in [4.69, 9.17) is 4.42 Å². The lowest BCUT2D eigenvalue weighted by molar-refractivity contribution is 0.669. The summed E-state index contributed by atoms with van der Waals surface area (Å²) >= 11 is 0. The first kappa shape index (κ1) is 35.2. The standard InChI is InChI=1S/C58H39NO/c1-2-12-40(13-3-1)41-30-32-50(33-31-41)59(52-34-35-56-55-23-6-7-25-57(55)60-58(56)39-52)51-21-10-20-49(38-51)48-19-9-18-47(37-48)46-17-8-16-45(36-46)42-26-28-44(29-27-42)54-24-11-15-43-14-4-5-22-53(43)54/h1-39H. The minimum atomic E-state index is 0.867. The molecule has 0 saturated heterocycles.